The van der Waals surface area contributed by atoms with E-state index in [9.17, 15) is 4.39 Å². The molecule has 0 unspecified atom stereocenters. The fraction of sp³-hybridized carbons (Fsp3) is 0.200. The summed E-state index contributed by atoms with van der Waals surface area (Å²) in [6, 6.07) is 10.3. The second-order valence-electron chi connectivity index (χ2n) is 4.13. The molecule has 0 aliphatic heterocycles. The maximum absolute atomic E-state index is 13.6. The molecule has 2 nitrogen and oxygen atoms in total. The molecule has 2 rings (SSSR count). The Kier molecular flexibility index (Phi) is 5.43. The number of hydrogen-bond donors (Lipinski definition) is 0. The molecule has 0 radical (unpaired) electrons. The molecule has 2 aromatic rings. The average molecular weight is 404 g/mol. The quantitative estimate of drug-likeness (QED) is 0.648. The van der Waals surface area contributed by atoms with E-state index < -0.39 is 0 Å². The smallest absolute Gasteiger partial charge is 0.129 e. The van der Waals surface area contributed by atoms with E-state index in [0.29, 0.717) is 16.6 Å². The SMILES string of the molecule is COc1ccc(OCc2cc(Br)ccc2F)c(CBr)c1. The second-order valence-corrected chi connectivity index (χ2v) is 5.61. The van der Waals surface area contributed by atoms with Gasteiger partial charge in [-0.25, -0.2) is 4.39 Å². The van der Waals surface area contributed by atoms with Crippen LogP contribution >= 0.6 is 31.9 Å². The van der Waals surface area contributed by atoms with Gasteiger partial charge in [-0.3, -0.25) is 0 Å². The number of ether oxygens (including phenoxy) is 2. The maximum atomic E-state index is 13.6. The number of hydrogen-bond acceptors (Lipinski definition) is 2. The first-order valence-electron chi connectivity index (χ1n) is 5.93. The number of benzene rings is 2. The molecular formula is C15H13Br2FO2. The predicted molar refractivity (Wildman–Crippen MR) is 84.1 cm³/mol. The van der Waals surface area contributed by atoms with Gasteiger partial charge in [-0.1, -0.05) is 31.9 Å². The van der Waals surface area contributed by atoms with Gasteiger partial charge in [0.1, 0.15) is 23.9 Å². The highest BCUT2D eigenvalue weighted by atomic mass is 79.9. The minimum absolute atomic E-state index is 0.178. The first-order chi connectivity index (χ1) is 9.63. The van der Waals surface area contributed by atoms with Crippen LogP contribution in [0.15, 0.2) is 40.9 Å². The summed E-state index contributed by atoms with van der Waals surface area (Å²) >= 11 is 6.73. The standard InChI is InChI=1S/C15H13Br2FO2/c1-19-13-3-5-15(10(7-13)8-16)20-9-11-6-12(17)2-4-14(11)18/h2-7H,8-9H2,1H3. The monoisotopic (exact) mass is 402 g/mol. The van der Waals surface area contributed by atoms with E-state index in [0.717, 1.165) is 15.8 Å². The zero-order valence-electron chi connectivity index (χ0n) is 10.8. The Balaban J connectivity index is 2.16. The van der Waals surface area contributed by atoms with E-state index in [1.54, 1.807) is 19.2 Å². The molecule has 2 aromatic carbocycles. The van der Waals surface area contributed by atoms with Crippen LogP contribution in [0.1, 0.15) is 11.1 Å². The van der Waals surface area contributed by atoms with Gasteiger partial charge in [-0.2, -0.15) is 0 Å². The lowest BCUT2D eigenvalue weighted by Crippen LogP contribution is -2.00. The molecule has 106 valence electrons. The van der Waals surface area contributed by atoms with Gasteiger partial charge < -0.3 is 9.47 Å². The Bertz CT molecular complexity index is 602. The van der Waals surface area contributed by atoms with Crippen LogP contribution in [-0.4, -0.2) is 7.11 Å². The van der Waals surface area contributed by atoms with E-state index in [-0.39, 0.29) is 12.4 Å². The normalized spacial score (nSPS) is 10.4. The lowest BCUT2D eigenvalue weighted by atomic mass is 10.2. The zero-order valence-corrected chi connectivity index (χ0v) is 14.0. The van der Waals surface area contributed by atoms with Crippen molar-refractivity contribution in [2.75, 3.05) is 7.11 Å². The van der Waals surface area contributed by atoms with Crippen molar-refractivity contribution < 1.29 is 13.9 Å². The van der Waals surface area contributed by atoms with E-state index in [1.807, 2.05) is 18.2 Å². The van der Waals surface area contributed by atoms with E-state index in [4.69, 9.17) is 9.47 Å². The molecule has 0 saturated carbocycles. The summed E-state index contributed by atoms with van der Waals surface area (Å²) in [5.41, 5.74) is 1.47. The van der Waals surface area contributed by atoms with Gasteiger partial charge in [0.15, 0.2) is 0 Å². The number of halogens is 3. The van der Waals surface area contributed by atoms with E-state index >= 15 is 0 Å². The molecule has 0 heterocycles. The van der Waals surface area contributed by atoms with Crippen LogP contribution in [0.25, 0.3) is 0 Å². The van der Waals surface area contributed by atoms with Gasteiger partial charge in [0.2, 0.25) is 0 Å². The summed E-state index contributed by atoms with van der Waals surface area (Å²) in [4.78, 5) is 0. The highest BCUT2D eigenvalue weighted by Crippen LogP contribution is 2.27. The third-order valence-electron chi connectivity index (χ3n) is 2.80. The maximum Gasteiger partial charge on any atom is 0.129 e. The van der Waals surface area contributed by atoms with Crippen LogP contribution in [0.3, 0.4) is 0 Å². The molecule has 0 saturated heterocycles. The molecule has 20 heavy (non-hydrogen) atoms. The summed E-state index contributed by atoms with van der Waals surface area (Å²) in [6.45, 7) is 0.178. The molecule has 0 N–H and O–H groups in total. The molecular weight excluding hydrogens is 391 g/mol. The average Bonchev–Trinajstić information content (AvgIpc) is 2.48. The zero-order chi connectivity index (χ0) is 14.5. The first-order valence-corrected chi connectivity index (χ1v) is 7.85. The van der Waals surface area contributed by atoms with Crippen LogP contribution in [0.2, 0.25) is 0 Å². The van der Waals surface area contributed by atoms with Gasteiger partial charge in [0, 0.05) is 20.9 Å². The third kappa shape index (κ3) is 3.73. The van der Waals surface area contributed by atoms with Crippen LogP contribution in [0.4, 0.5) is 4.39 Å². The number of alkyl halides is 1. The predicted octanol–water partition coefficient (Wildman–Crippen LogP) is 5.07. The van der Waals surface area contributed by atoms with Crippen molar-refractivity contribution in [1.82, 2.24) is 0 Å². The van der Waals surface area contributed by atoms with Gasteiger partial charge >= 0.3 is 0 Å². The van der Waals surface area contributed by atoms with Gasteiger partial charge in [-0.15, -0.1) is 0 Å². The van der Waals surface area contributed by atoms with Crippen molar-refractivity contribution in [1.29, 1.82) is 0 Å². The van der Waals surface area contributed by atoms with E-state index in [2.05, 4.69) is 31.9 Å². The fourth-order valence-electron chi connectivity index (χ4n) is 1.74. The molecule has 0 spiro atoms. The summed E-state index contributed by atoms with van der Waals surface area (Å²) in [6.07, 6.45) is 0. The largest absolute Gasteiger partial charge is 0.497 e. The van der Waals surface area contributed by atoms with Crippen LogP contribution in [0.5, 0.6) is 11.5 Å². The highest BCUT2D eigenvalue weighted by molar-refractivity contribution is 9.10. The van der Waals surface area contributed by atoms with Gasteiger partial charge in [0.05, 0.1) is 7.11 Å². The van der Waals surface area contributed by atoms with Crippen molar-refractivity contribution in [3.05, 3.63) is 57.8 Å². The van der Waals surface area contributed by atoms with Crippen molar-refractivity contribution in [2.24, 2.45) is 0 Å². The minimum atomic E-state index is -0.276. The molecule has 0 amide bonds. The molecule has 0 aromatic heterocycles. The molecule has 0 aliphatic rings. The van der Waals surface area contributed by atoms with E-state index in [1.165, 1.54) is 6.07 Å². The topological polar surface area (TPSA) is 18.5 Å². The van der Waals surface area contributed by atoms with Crippen molar-refractivity contribution in [3.63, 3.8) is 0 Å². The summed E-state index contributed by atoms with van der Waals surface area (Å²) < 4.78 is 25.3. The molecule has 0 aliphatic carbocycles. The van der Waals surface area contributed by atoms with Crippen LogP contribution in [-0.2, 0) is 11.9 Å². The van der Waals surface area contributed by atoms with Crippen LogP contribution in [0, 0.1) is 5.82 Å². The summed E-state index contributed by atoms with van der Waals surface area (Å²) in [5.74, 6) is 1.20. The van der Waals surface area contributed by atoms with Crippen molar-refractivity contribution in [2.45, 2.75) is 11.9 Å². The van der Waals surface area contributed by atoms with Crippen molar-refractivity contribution in [3.8, 4) is 11.5 Å². The summed E-state index contributed by atoms with van der Waals surface area (Å²) in [5, 5.41) is 0.639. The number of rotatable bonds is 5. The fourth-order valence-corrected chi connectivity index (χ4v) is 2.58. The van der Waals surface area contributed by atoms with Crippen molar-refractivity contribution >= 4 is 31.9 Å². The highest BCUT2D eigenvalue weighted by Gasteiger charge is 2.08. The lowest BCUT2D eigenvalue weighted by molar-refractivity contribution is 0.297. The third-order valence-corrected chi connectivity index (χ3v) is 3.90. The molecule has 0 fully saturated rings. The van der Waals surface area contributed by atoms with Gasteiger partial charge in [0.25, 0.3) is 0 Å². The molecule has 0 bridgehead atoms. The summed E-state index contributed by atoms with van der Waals surface area (Å²) in [7, 11) is 1.62. The lowest BCUT2D eigenvalue weighted by Gasteiger charge is -2.12. The Labute approximate surface area is 134 Å². The molecule has 0 atom stereocenters. The first kappa shape index (κ1) is 15.3. The van der Waals surface area contributed by atoms with Gasteiger partial charge in [-0.05, 0) is 36.4 Å². The minimum Gasteiger partial charge on any atom is -0.497 e. The van der Waals surface area contributed by atoms with Crippen LogP contribution < -0.4 is 9.47 Å². The Morgan fingerprint density at radius 3 is 2.60 bits per heavy atom. The second kappa shape index (κ2) is 7.09. The Morgan fingerprint density at radius 1 is 1.10 bits per heavy atom. The molecule has 5 heteroatoms. The number of methoxy groups -OCH3 is 1. The Hall–Kier alpha value is -1.07. The Morgan fingerprint density at radius 2 is 1.90 bits per heavy atom.